The van der Waals surface area contributed by atoms with E-state index in [9.17, 15) is 19.2 Å². The molecule has 1 atom stereocenters. The molecule has 3 rings (SSSR count). The largest absolute Gasteiger partial charge is 0.456 e. The van der Waals surface area contributed by atoms with Crippen molar-refractivity contribution in [2.24, 2.45) is 0 Å². The SMILES string of the molecule is CC(NC(=O)COC(=O)CCN1C(=O)NC(C)(C)C1=O)c1cccc2ccccc12. The lowest BCUT2D eigenvalue weighted by Gasteiger charge is -2.17. The highest BCUT2D eigenvalue weighted by atomic mass is 16.5. The summed E-state index contributed by atoms with van der Waals surface area (Å²) in [7, 11) is 0. The molecule has 4 amide bonds. The van der Waals surface area contributed by atoms with E-state index in [1.165, 1.54) is 0 Å². The van der Waals surface area contributed by atoms with E-state index in [0.717, 1.165) is 21.2 Å². The third kappa shape index (κ3) is 4.59. The Morgan fingerprint density at radius 3 is 2.53 bits per heavy atom. The molecule has 1 aliphatic heterocycles. The average molecular weight is 411 g/mol. The van der Waals surface area contributed by atoms with E-state index in [0.29, 0.717) is 0 Å². The molecule has 0 spiro atoms. The zero-order valence-corrected chi connectivity index (χ0v) is 17.2. The van der Waals surface area contributed by atoms with Crippen molar-refractivity contribution in [1.29, 1.82) is 0 Å². The number of fused-ring (bicyclic) bond motifs is 1. The number of hydrogen-bond donors (Lipinski definition) is 2. The lowest BCUT2D eigenvalue weighted by molar-refractivity contribution is -0.149. The Labute approximate surface area is 174 Å². The molecule has 1 fully saturated rings. The summed E-state index contributed by atoms with van der Waals surface area (Å²) in [6.07, 6.45) is -0.179. The van der Waals surface area contributed by atoms with Gasteiger partial charge in [0.05, 0.1) is 12.5 Å². The molecule has 0 radical (unpaired) electrons. The van der Waals surface area contributed by atoms with Crippen molar-refractivity contribution in [1.82, 2.24) is 15.5 Å². The molecule has 0 aliphatic carbocycles. The molecule has 0 aromatic heterocycles. The van der Waals surface area contributed by atoms with Crippen LogP contribution < -0.4 is 10.6 Å². The highest BCUT2D eigenvalue weighted by Gasteiger charge is 2.44. The van der Waals surface area contributed by atoms with Crippen LogP contribution in [0.4, 0.5) is 4.79 Å². The number of esters is 1. The van der Waals surface area contributed by atoms with E-state index in [4.69, 9.17) is 4.74 Å². The molecular weight excluding hydrogens is 386 g/mol. The molecule has 8 heteroatoms. The van der Waals surface area contributed by atoms with Crippen LogP contribution in [-0.2, 0) is 19.1 Å². The smallest absolute Gasteiger partial charge is 0.325 e. The number of urea groups is 1. The van der Waals surface area contributed by atoms with Gasteiger partial charge >= 0.3 is 12.0 Å². The lowest BCUT2D eigenvalue weighted by Crippen LogP contribution is -2.40. The molecule has 1 saturated heterocycles. The van der Waals surface area contributed by atoms with Gasteiger partial charge in [-0.05, 0) is 37.1 Å². The van der Waals surface area contributed by atoms with Gasteiger partial charge in [-0.3, -0.25) is 19.3 Å². The van der Waals surface area contributed by atoms with Gasteiger partial charge in [-0.2, -0.15) is 0 Å². The van der Waals surface area contributed by atoms with E-state index >= 15 is 0 Å². The standard InChI is InChI=1S/C22H25N3O5/c1-14(16-10-6-8-15-7-4-5-9-17(15)16)23-18(26)13-30-19(27)11-12-25-20(28)22(2,3)24-21(25)29/h4-10,14H,11-13H2,1-3H3,(H,23,26)(H,24,29). The predicted molar refractivity (Wildman–Crippen MR) is 110 cm³/mol. The van der Waals surface area contributed by atoms with Gasteiger partial charge in [0.1, 0.15) is 5.54 Å². The van der Waals surface area contributed by atoms with Gasteiger partial charge in [-0.15, -0.1) is 0 Å². The van der Waals surface area contributed by atoms with Crippen molar-refractivity contribution in [2.45, 2.75) is 38.8 Å². The molecule has 1 aliphatic rings. The van der Waals surface area contributed by atoms with Crippen LogP contribution in [0.15, 0.2) is 42.5 Å². The topological polar surface area (TPSA) is 105 Å². The number of nitrogens with one attached hydrogen (secondary N) is 2. The Kier molecular flexibility index (Phi) is 6.05. The highest BCUT2D eigenvalue weighted by Crippen LogP contribution is 2.24. The molecule has 2 N–H and O–H groups in total. The number of ether oxygens (including phenoxy) is 1. The summed E-state index contributed by atoms with van der Waals surface area (Å²) in [5, 5.41) is 7.48. The number of carbonyl (C=O) groups is 4. The second-order valence-corrected chi connectivity index (χ2v) is 7.78. The maximum atomic E-state index is 12.2. The number of rotatable bonds is 7. The van der Waals surface area contributed by atoms with Gasteiger partial charge in [0.15, 0.2) is 6.61 Å². The maximum Gasteiger partial charge on any atom is 0.325 e. The van der Waals surface area contributed by atoms with Crippen molar-refractivity contribution in [3.05, 3.63) is 48.0 Å². The Hall–Kier alpha value is -3.42. The molecule has 1 unspecified atom stereocenters. The summed E-state index contributed by atoms with van der Waals surface area (Å²) in [5.41, 5.74) is -0.0209. The molecule has 0 saturated carbocycles. The number of benzene rings is 2. The third-order valence-corrected chi connectivity index (χ3v) is 5.02. The minimum atomic E-state index is -0.987. The molecule has 30 heavy (non-hydrogen) atoms. The summed E-state index contributed by atoms with van der Waals surface area (Å²) in [5.74, 6) is -1.49. The zero-order valence-electron chi connectivity index (χ0n) is 17.2. The molecular formula is C22H25N3O5. The van der Waals surface area contributed by atoms with Gasteiger partial charge in [-0.25, -0.2) is 4.79 Å². The fourth-order valence-corrected chi connectivity index (χ4v) is 3.43. The third-order valence-electron chi connectivity index (χ3n) is 5.02. The normalized spacial score (nSPS) is 16.3. The summed E-state index contributed by atoms with van der Waals surface area (Å²) < 4.78 is 4.99. The summed E-state index contributed by atoms with van der Waals surface area (Å²) >= 11 is 0. The Morgan fingerprint density at radius 1 is 1.13 bits per heavy atom. The summed E-state index contributed by atoms with van der Waals surface area (Å²) in [6, 6.07) is 12.9. The van der Waals surface area contributed by atoms with Crippen LogP contribution in [0, 0.1) is 0 Å². The number of carbonyl (C=O) groups excluding carboxylic acids is 4. The van der Waals surface area contributed by atoms with Gasteiger partial charge < -0.3 is 15.4 Å². The first-order chi connectivity index (χ1) is 14.2. The van der Waals surface area contributed by atoms with Crippen LogP contribution in [0.2, 0.25) is 0 Å². The van der Waals surface area contributed by atoms with E-state index in [1.54, 1.807) is 13.8 Å². The van der Waals surface area contributed by atoms with Crippen LogP contribution in [-0.4, -0.2) is 47.4 Å². The summed E-state index contributed by atoms with van der Waals surface area (Å²) in [6.45, 7) is 4.52. The van der Waals surface area contributed by atoms with Gasteiger partial charge in [-0.1, -0.05) is 42.5 Å². The van der Waals surface area contributed by atoms with Crippen LogP contribution in [0.3, 0.4) is 0 Å². The monoisotopic (exact) mass is 411 g/mol. The number of imide groups is 1. The molecule has 158 valence electrons. The van der Waals surface area contributed by atoms with Gasteiger partial charge in [0.2, 0.25) is 0 Å². The van der Waals surface area contributed by atoms with Gasteiger partial charge in [0, 0.05) is 6.54 Å². The Balaban J connectivity index is 1.48. The second kappa shape index (κ2) is 8.52. The fourth-order valence-electron chi connectivity index (χ4n) is 3.43. The Bertz CT molecular complexity index is 996. The number of hydrogen-bond acceptors (Lipinski definition) is 5. The molecule has 2 aromatic rings. The van der Waals surface area contributed by atoms with Crippen molar-refractivity contribution in [3.8, 4) is 0 Å². The van der Waals surface area contributed by atoms with E-state index in [-0.39, 0.29) is 19.0 Å². The molecule has 0 bridgehead atoms. The van der Waals surface area contributed by atoms with Crippen LogP contribution >= 0.6 is 0 Å². The first-order valence-electron chi connectivity index (χ1n) is 9.76. The molecule has 2 aromatic carbocycles. The minimum Gasteiger partial charge on any atom is -0.456 e. The predicted octanol–water partition coefficient (Wildman–Crippen LogP) is 2.28. The van der Waals surface area contributed by atoms with E-state index < -0.39 is 36.0 Å². The first kappa shape index (κ1) is 21.3. The minimum absolute atomic E-state index is 0.0963. The van der Waals surface area contributed by atoms with E-state index in [2.05, 4.69) is 10.6 Å². The van der Waals surface area contributed by atoms with Crippen molar-refractivity contribution < 1.29 is 23.9 Å². The second-order valence-electron chi connectivity index (χ2n) is 7.78. The number of amides is 4. The van der Waals surface area contributed by atoms with Crippen molar-refractivity contribution in [3.63, 3.8) is 0 Å². The first-order valence-corrected chi connectivity index (χ1v) is 9.76. The van der Waals surface area contributed by atoms with Crippen LogP contribution in [0.1, 0.15) is 38.8 Å². The quantitative estimate of drug-likeness (QED) is 0.537. The van der Waals surface area contributed by atoms with Crippen molar-refractivity contribution >= 4 is 34.6 Å². The fraction of sp³-hybridized carbons (Fsp3) is 0.364. The zero-order chi connectivity index (χ0) is 21.9. The molecule has 8 nitrogen and oxygen atoms in total. The van der Waals surface area contributed by atoms with Crippen molar-refractivity contribution in [2.75, 3.05) is 13.2 Å². The maximum absolute atomic E-state index is 12.2. The number of nitrogens with zero attached hydrogens (tertiary/aromatic N) is 1. The van der Waals surface area contributed by atoms with Crippen LogP contribution in [0.25, 0.3) is 10.8 Å². The van der Waals surface area contributed by atoms with Gasteiger partial charge in [0.25, 0.3) is 11.8 Å². The molecule has 1 heterocycles. The van der Waals surface area contributed by atoms with Crippen LogP contribution in [0.5, 0.6) is 0 Å². The lowest BCUT2D eigenvalue weighted by atomic mass is 10.00. The average Bonchev–Trinajstić information content (AvgIpc) is 2.90. The highest BCUT2D eigenvalue weighted by molar-refractivity contribution is 6.06. The summed E-state index contributed by atoms with van der Waals surface area (Å²) in [4.78, 5) is 49.0. The van der Waals surface area contributed by atoms with E-state index in [1.807, 2.05) is 49.4 Å². The Morgan fingerprint density at radius 2 is 1.83 bits per heavy atom.